The van der Waals surface area contributed by atoms with Gasteiger partial charge in [0.15, 0.2) is 0 Å². The minimum atomic E-state index is -0.482. The van der Waals surface area contributed by atoms with Crippen molar-refractivity contribution in [3.63, 3.8) is 0 Å². The van der Waals surface area contributed by atoms with Crippen LogP contribution in [0.5, 0.6) is 5.75 Å². The number of ether oxygens (including phenoxy) is 1. The fraction of sp³-hybridized carbons (Fsp3) is 0.333. The molecule has 2 aromatic rings. The van der Waals surface area contributed by atoms with E-state index >= 15 is 0 Å². The first-order valence-electron chi connectivity index (χ1n) is 7.56. The van der Waals surface area contributed by atoms with Crippen LogP contribution >= 0.6 is 15.9 Å². The van der Waals surface area contributed by atoms with Gasteiger partial charge in [-0.2, -0.15) is 0 Å². The van der Waals surface area contributed by atoms with Gasteiger partial charge in [-0.3, -0.25) is 4.90 Å². The fourth-order valence-corrected chi connectivity index (χ4v) is 3.19. The summed E-state index contributed by atoms with van der Waals surface area (Å²) < 4.78 is 6.63. The largest absolute Gasteiger partial charge is 0.491 e. The average molecular weight is 362 g/mol. The van der Waals surface area contributed by atoms with E-state index in [-0.39, 0.29) is 0 Å². The summed E-state index contributed by atoms with van der Waals surface area (Å²) in [6.07, 6.45) is 0.569. The lowest BCUT2D eigenvalue weighted by Gasteiger charge is -2.30. The Morgan fingerprint density at radius 1 is 1.14 bits per heavy atom. The smallest absolute Gasteiger partial charge is 0.120 e. The van der Waals surface area contributed by atoms with E-state index in [1.165, 1.54) is 11.1 Å². The molecule has 2 aromatic carbocycles. The molecule has 1 heterocycles. The number of nitrogens with zero attached hydrogens (tertiary/aromatic N) is 1. The number of fused-ring (bicyclic) bond motifs is 1. The molecule has 1 aliphatic rings. The van der Waals surface area contributed by atoms with Crippen LogP contribution in [0.25, 0.3) is 0 Å². The zero-order valence-corrected chi connectivity index (χ0v) is 14.0. The Hall–Kier alpha value is -1.36. The zero-order chi connectivity index (χ0) is 15.4. The molecule has 3 rings (SSSR count). The highest BCUT2D eigenvalue weighted by atomic mass is 79.9. The Kier molecular flexibility index (Phi) is 5.13. The minimum absolute atomic E-state index is 0.314. The molecule has 0 saturated heterocycles. The molecule has 0 saturated carbocycles. The van der Waals surface area contributed by atoms with Crippen molar-refractivity contribution in [1.82, 2.24) is 4.90 Å². The third-order valence-corrected chi connectivity index (χ3v) is 4.41. The molecular weight excluding hydrogens is 342 g/mol. The number of benzene rings is 2. The van der Waals surface area contributed by atoms with E-state index in [9.17, 15) is 5.11 Å². The topological polar surface area (TPSA) is 32.7 Å². The molecule has 0 amide bonds. The molecule has 0 aliphatic carbocycles. The Morgan fingerprint density at radius 2 is 1.95 bits per heavy atom. The van der Waals surface area contributed by atoms with Crippen LogP contribution < -0.4 is 4.74 Å². The van der Waals surface area contributed by atoms with E-state index in [0.29, 0.717) is 13.2 Å². The third-order valence-electron chi connectivity index (χ3n) is 3.92. The van der Waals surface area contributed by atoms with Crippen LogP contribution in [0, 0.1) is 0 Å². The molecule has 0 unspecified atom stereocenters. The highest BCUT2D eigenvalue weighted by Gasteiger charge is 2.18. The molecule has 0 aromatic heterocycles. The molecule has 3 nitrogen and oxygen atoms in total. The molecule has 1 atom stereocenters. The molecular formula is C18H20BrNO2. The first-order chi connectivity index (χ1) is 10.7. The number of rotatable bonds is 5. The maximum absolute atomic E-state index is 10.2. The van der Waals surface area contributed by atoms with E-state index in [1.807, 2.05) is 24.3 Å². The highest BCUT2D eigenvalue weighted by Crippen LogP contribution is 2.20. The number of hydrogen-bond donors (Lipinski definition) is 1. The van der Waals surface area contributed by atoms with Crippen LogP contribution in [0.3, 0.4) is 0 Å². The fourth-order valence-electron chi connectivity index (χ4n) is 2.81. The van der Waals surface area contributed by atoms with Crippen LogP contribution in [0.15, 0.2) is 53.0 Å². The molecule has 1 aliphatic heterocycles. The third kappa shape index (κ3) is 4.09. The van der Waals surface area contributed by atoms with Gasteiger partial charge in [0.1, 0.15) is 18.5 Å². The van der Waals surface area contributed by atoms with E-state index in [2.05, 4.69) is 45.1 Å². The monoisotopic (exact) mass is 361 g/mol. The van der Waals surface area contributed by atoms with Crippen molar-refractivity contribution < 1.29 is 9.84 Å². The Balaban J connectivity index is 1.49. The number of aliphatic hydroxyl groups is 1. The number of hydrogen-bond acceptors (Lipinski definition) is 3. The van der Waals surface area contributed by atoms with Gasteiger partial charge in [0, 0.05) is 24.1 Å². The first-order valence-corrected chi connectivity index (χ1v) is 8.35. The van der Waals surface area contributed by atoms with Crippen LogP contribution in [-0.4, -0.2) is 35.8 Å². The van der Waals surface area contributed by atoms with Gasteiger partial charge in [-0.25, -0.2) is 0 Å². The molecule has 0 spiro atoms. The molecule has 116 valence electrons. The minimum Gasteiger partial charge on any atom is -0.491 e. The van der Waals surface area contributed by atoms with Crippen molar-refractivity contribution in [3.05, 3.63) is 64.1 Å². The second-order valence-corrected chi connectivity index (χ2v) is 6.59. The van der Waals surface area contributed by atoms with Crippen LogP contribution in [0.2, 0.25) is 0 Å². The summed E-state index contributed by atoms with van der Waals surface area (Å²) in [5.41, 5.74) is 2.80. The van der Waals surface area contributed by atoms with Crippen molar-refractivity contribution in [1.29, 1.82) is 0 Å². The van der Waals surface area contributed by atoms with E-state index in [1.54, 1.807) is 0 Å². The lowest BCUT2D eigenvalue weighted by molar-refractivity contribution is 0.0637. The maximum Gasteiger partial charge on any atom is 0.120 e. The molecule has 0 radical (unpaired) electrons. The SMILES string of the molecule is O[C@@H](COc1cccc(Br)c1)CN1CCc2ccccc2C1. The Bertz CT molecular complexity index is 632. The predicted octanol–water partition coefficient (Wildman–Crippen LogP) is 3.25. The highest BCUT2D eigenvalue weighted by molar-refractivity contribution is 9.10. The van der Waals surface area contributed by atoms with Crippen molar-refractivity contribution in [3.8, 4) is 5.75 Å². The lowest BCUT2D eigenvalue weighted by atomic mass is 10.00. The molecule has 4 heteroatoms. The van der Waals surface area contributed by atoms with Crippen molar-refractivity contribution in [2.45, 2.75) is 19.1 Å². The van der Waals surface area contributed by atoms with Crippen molar-refractivity contribution in [2.24, 2.45) is 0 Å². The Labute approximate surface area is 139 Å². The molecule has 1 N–H and O–H groups in total. The number of aliphatic hydroxyl groups excluding tert-OH is 1. The summed E-state index contributed by atoms with van der Waals surface area (Å²) in [4.78, 5) is 2.29. The van der Waals surface area contributed by atoms with Gasteiger partial charge in [0.2, 0.25) is 0 Å². The van der Waals surface area contributed by atoms with Gasteiger partial charge < -0.3 is 9.84 Å². The standard InChI is InChI=1S/C18H20BrNO2/c19-16-6-3-7-18(10-16)22-13-17(21)12-20-9-8-14-4-1-2-5-15(14)11-20/h1-7,10,17,21H,8-9,11-13H2/t17-/m1/s1. The van der Waals surface area contributed by atoms with Crippen LogP contribution in [0.1, 0.15) is 11.1 Å². The van der Waals surface area contributed by atoms with Gasteiger partial charge in [-0.1, -0.05) is 46.3 Å². The van der Waals surface area contributed by atoms with E-state index in [4.69, 9.17) is 4.74 Å². The second kappa shape index (κ2) is 7.27. The van der Waals surface area contributed by atoms with Crippen molar-refractivity contribution in [2.75, 3.05) is 19.7 Å². The maximum atomic E-state index is 10.2. The zero-order valence-electron chi connectivity index (χ0n) is 12.4. The summed E-state index contributed by atoms with van der Waals surface area (Å²) in [7, 11) is 0. The van der Waals surface area contributed by atoms with Gasteiger partial charge in [0.25, 0.3) is 0 Å². The lowest BCUT2D eigenvalue weighted by Crippen LogP contribution is -2.38. The summed E-state index contributed by atoms with van der Waals surface area (Å²) >= 11 is 3.41. The van der Waals surface area contributed by atoms with E-state index in [0.717, 1.165) is 29.7 Å². The second-order valence-electron chi connectivity index (χ2n) is 5.68. The summed E-state index contributed by atoms with van der Waals surface area (Å²) in [6.45, 7) is 2.85. The molecule has 0 fully saturated rings. The normalized spacial score (nSPS) is 16.1. The van der Waals surface area contributed by atoms with E-state index < -0.39 is 6.10 Å². The van der Waals surface area contributed by atoms with Crippen LogP contribution in [0.4, 0.5) is 0 Å². The van der Waals surface area contributed by atoms with Gasteiger partial charge in [-0.15, -0.1) is 0 Å². The van der Waals surface area contributed by atoms with Crippen LogP contribution in [-0.2, 0) is 13.0 Å². The van der Waals surface area contributed by atoms with Gasteiger partial charge in [0.05, 0.1) is 0 Å². The first kappa shape index (κ1) is 15.5. The Morgan fingerprint density at radius 3 is 2.77 bits per heavy atom. The number of halogens is 1. The van der Waals surface area contributed by atoms with Gasteiger partial charge >= 0.3 is 0 Å². The average Bonchev–Trinajstić information content (AvgIpc) is 2.53. The number of β-amino-alcohol motifs (C(OH)–C–C–N with tert-alkyl or cyclic N) is 1. The van der Waals surface area contributed by atoms with Gasteiger partial charge in [-0.05, 0) is 35.7 Å². The molecule has 0 bridgehead atoms. The summed E-state index contributed by atoms with van der Waals surface area (Å²) in [5.74, 6) is 0.775. The van der Waals surface area contributed by atoms with Crippen molar-refractivity contribution >= 4 is 15.9 Å². The summed E-state index contributed by atoms with van der Waals surface area (Å²) in [5, 5.41) is 10.2. The summed E-state index contributed by atoms with van der Waals surface area (Å²) in [6, 6.07) is 16.2. The predicted molar refractivity (Wildman–Crippen MR) is 91.1 cm³/mol. The quantitative estimate of drug-likeness (QED) is 0.887. The molecule has 22 heavy (non-hydrogen) atoms.